The highest BCUT2D eigenvalue weighted by molar-refractivity contribution is 6.34. The van der Waals surface area contributed by atoms with Crippen molar-refractivity contribution in [3.8, 4) is 0 Å². The fourth-order valence-electron chi connectivity index (χ4n) is 2.73. The number of rotatable bonds is 3. The first-order valence-corrected chi connectivity index (χ1v) is 7.18. The van der Waals surface area contributed by atoms with Crippen molar-refractivity contribution >= 4 is 23.3 Å². The molecule has 1 aliphatic rings. The molecule has 1 aromatic rings. The lowest BCUT2D eigenvalue weighted by Gasteiger charge is -2.26. The zero-order chi connectivity index (χ0) is 14.0. The maximum absolute atomic E-state index is 11.3. The summed E-state index contributed by atoms with van der Waals surface area (Å²) in [6.45, 7) is 3.67. The van der Waals surface area contributed by atoms with Gasteiger partial charge >= 0.3 is 5.97 Å². The predicted molar refractivity (Wildman–Crippen MR) is 78.4 cm³/mol. The van der Waals surface area contributed by atoms with Gasteiger partial charge in [-0.05, 0) is 43.9 Å². The lowest BCUT2D eigenvalue weighted by molar-refractivity contribution is 0.0696. The first-order chi connectivity index (χ1) is 9.00. The number of hydrogen-bond acceptors (Lipinski definition) is 2. The molecule has 19 heavy (non-hydrogen) atoms. The summed E-state index contributed by atoms with van der Waals surface area (Å²) in [5.41, 5.74) is 2.67. The fraction of sp³-hybridized carbons (Fsp3) is 0.533. The number of carboxylic acid groups (broad SMARTS) is 1. The van der Waals surface area contributed by atoms with E-state index in [-0.39, 0.29) is 0 Å². The topological polar surface area (TPSA) is 49.3 Å². The van der Waals surface area contributed by atoms with Crippen LogP contribution >= 0.6 is 11.6 Å². The quantitative estimate of drug-likeness (QED) is 0.863. The second kappa shape index (κ2) is 5.83. The van der Waals surface area contributed by atoms with E-state index in [9.17, 15) is 9.90 Å². The highest BCUT2D eigenvalue weighted by Crippen LogP contribution is 2.34. The Labute approximate surface area is 119 Å². The summed E-state index contributed by atoms with van der Waals surface area (Å²) < 4.78 is 0. The van der Waals surface area contributed by atoms with Crippen LogP contribution in [0, 0.1) is 13.8 Å². The summed E-state index contributed by atoms with van der Waals surface area (Å²) in [5.74, 6) is -0.899. The van der Waals surface area contributed by atoms with Gasteiger partial charge in [-0.15, -0.1) is 0 Å². The zero-order valence-corrected chi connectivity index (χ0v) is 12.2. The van der Waals surface area contributed by atoms with Crippen molar-refractivity contribution < 1.29 is 9.90 Å². The van der Waals surface area contributed by atoms with E-state index in [4.69, 9.17) is 11.6 Å². The lowest BCUT2D eigenvalue weighted by Crippen LogP contribution is -2.23. The van der Waals surface area contributed by atoms with Gasteiger partial charge in [-0.25, -0.2) is 4.79 Å². The van der Waals surface area contributed by atoms with E-state index in [0.29, 0.717) is 16.6 Å². The minimum Gasteiger partial charge on any atom is -0.478 e. The van der Waals surface area contributed by atoms with Crippen molar-refractivity contribution in [2.75, 3.05) is 5.32 Å². The highest BCUT2D eigenvalue weighted by Gasteiger charge is 2.20. The molecule has 0 aromatic heterocycles. The number of benzene rings is 1. The minimum absolute atomic E-state index is 0.334. The lowest BCUT2D eigenvalue weighted by atomic mass is 9.94. The first kappa shape index (κ1) is 14.2. The van der Waals surface area contributed by atoms with Crippen LogP contribution in [0.1, 0.15) is 53.6 Å². The van der Waals surface area contributed by atoms with Crippen LogP contribution < -0.4 is 5.32 Å². The van der Waals surface area contributed by atoms with Crippen LogP contribution in [0.2, 0.25) is 5.02 Å². The molecule has 0 heterocycles. The molecule has 0 radical (unpaired) electrons. The molecule has 0 amide bonds. The van der Waals surface area contributed by atoms with Crippen molar-refractivity contribution in [2.45, 2.75) is 52.0 Å². The zero-order valence-electron chi connectivity index (χ0n) is 11.4. The Morgan fingerprint density at radius 1 is 1.32 bits per heavy atom. The third-order valence-electron chi connectivity index (χ3n) is 3.89. The summed E-state index contributed by atoms with van der Waals surface area (Å²) in [5, 5.41) is 13.3. The van der Waals surface area contributed by atoms with Gasteiger partial charge in [0.1, 0.15) is 0 Å². The third-order valence-corrected chi connectivity index (χ3v) is 4.38. The van der Waals surface area contributed by atoms with Gasteiger partial charge in [0.2, 0.25) is 0 Å². The summed E-state index contributed by atoms with van der Waals surface area (Å²) in [6, 6.07) is 2.06. The normalized spacial score (nSPS) is 16.4. The number of carboxylic acids is 1. The van der Waals surface area contributed by atoms with E-state index < -0.39 is 5.97 Å². The molecule has 0 unspecified atom stereocenters. The van der Waals surface area contributed by atoms with Gasteiger partial charge in [0, 0.05) is 6.04 Å². The number of carbonyl (C=O) groups is 1. The number of aryl methyl sites for hydroxylation is 1. The van der Waals surface area contributed by atoms with E-state index in [2.05, 4.69) is 5.32 Å². The van der Waals surface area contributed by atoms with Crippen LogP contribution in [-0.2, 0) is 0 Å². The van der Waals surface area contributed by atoms with Crippen LogP contribution in [0.4, 0.5) is 5.69 Å². The molecule has 3 nitrogen and oxygen atoms in total. The second-order valence-electron chi connectivity index (χ2n) is 5.34. The van der Waals surface area contributed by atoms with Crippen molar-refractivity contribution in [1.29, 1.82) is 0 Å². The maximum Gasteiger partial charge on any atom is 0.336 e. The van der Waals surface area contributed by atoms with Crippen LogP contribution in [0.25, 0.3) is 0 Å². The summed E-state index contributed by atoms with van der Waals surface area (Å²) >= 11 is 6.34. The Hall–Kier alpha value is -1.22. The van der Waals surface area contributed by atoms with Gasteiger partial charge in [-0.3, -0.25) is 0 Å². The van der Waals surface area contributed by atoms with Gasteiger partial charge in [0.15, 0.2) is 0 Å². The summed E-state index contributed by atoms with van der Waals surface area (Å²) in [7, 11) is 0. The standard InChI is InChI=1S/C15H20ClNO2/c1-9-8-12(15(18)19)10(2)14(13(9)16)17-11-6-4-3-5-7-11/h8,11,17H,3-7H2,1-2H3,(H,18,19). The largest absolute Gasteiger partial charge is 0.478 e. The molecule has 1 fully saturated rings. The van der Waals surface area contributed by atoms with Crippen LogP contribution in [-0.4, -0.2) is 17.1 Å². The highest BCUT2D eigenvalue weighted by atomic mass is 35.5. The van der Waals surface area contributed by atoms with Crippen molar-refractivity contribution in [3.05, 3.63) is 27.8 Å². The molecular weight excluding hydrogens is 262 g/mol. The number of anilines is 1. The molecule has 0 bridgehead atoms. The Morgan fingerprint density at radius 3 is 2.53 bits per heavy atom. The smallest absolute Gasteiger partial charge is 0.336 e. The van der Waals surface area contributed by atoms with Gasteiger partial charge in [0.05, 0.1) is 16.3 Å². The van der Waals surface area contributed by atoms with E-state index in [1.165, 1.54) is 19.3 Å². The summed E-state index contributed by atoms with van der Waals surface area (Å²) in [4.78, 5) is 11.3. The molecule has 1 saturated carbocycles. The molecule has 104 valence electrons. The Kier molecular flexibility index (Phi) is 4.35. The van der Waals surface area contributed by atoms with Crippen molar-refractivity contribution in [3.63, 3.8) is 0 Å². The predicted octanol–water partition coefficient (Wildman–Crippen LogP) is 4.40. The average molecular weight is 282 g/mol. The van der Waals surface area contributed by atoms with Crippen LogP contribution in [0.15, 0.2) is 6.07 Å². The van der Waals surface area contributed by atoms with Gasteiger partial charge in [-0.1, -0.05) is 30.9 Å². The van der Waals surface area contributed by atoms with E-state index in [1.807, 2.05) is 13.8 Å². The van der Waals surface area contributed by atoms with E-state index >= 15 is 0 Å². The molecule has 0 saturated heterocycles. The second-order valence-corrected chi connectivity index (χ2v) is 5.72. The molecule has 0 atom stereocenters. The van der Waals surface area contributed by atoms with Crippen molar-refractivity contribution in [2.24, 2.45) is 0 Å². The van der Waals surface area contributed by atoms with Crippen LogP contribution in [0.5, 0.6) is 0 Å². The van der Waals surface area contributed by atoms with Crippen molar-refractivity contribution in [1.82, 2.24) is 0 Å². The fourth-order valence-corrected chi connectivity index (χ4v) is 2.98. The summed E-state index contributed by atoms with van der Waals surface area (Å²) in [6.07, 6.45) is 6.01. The number of aromatic carboxylic acids is 1. The van der Waals surface area contributed by atoms with Gasteiger partial charge < -0.3 is 10.4 Å². The SMILES string of the molecule is Cc1cc(C(=O)O)c(C)c(NC2CCCCC2)c1Cl. The molecule has 2 N–H and O–H groups in total. The molecule has 4 heteroatoms. The third kappa shape index (κ3) is 3.03. The van der Waals surface area contributed by atoms with E-state index in [0.717, 1.165) is 29.7 Å². The Bertz CT molecular complexity index is 493. The monoisotopic (exact) mass is 281 g/mol. The maximum atomic E-state index is 11.3. The molecule has 1 aromatic carbocycles. The van der Waals surface area contributed by atoms with Crippen LogP contribution in [0.3, 0.4) is 0 Å². The molecule has 2 rings (SSSR count). The Morgan fingerprint density at radius 2 is 1.95 bits per heavy atom. The molecule has 0 aliphatic heterocycles. The molecule has 1 aliphatic carbocycles. The Balaban J connectivity index is 2.34. The number of hydrogen-bond donors (Lipinski definition) is 2. The average Bonchev–Trinajstić information content (AvgIpc) is 2.40. The minimum atomic E-state index is -0.899. The first-order valence-electron chi connectivity index (χ1n) is 6.80. The van der Waals surface area contributed by atoms with Gasteiger partial charge in [-0.2, -0.15) is 0 Å². The van der Waals surface area contributed by atoms with E-state index in [1.54, 1.807) is 6.07 Å². The molecule has 0 spiro atoms. The number of halogens is 1. The van der Waals surface area contributed by atoms with Gasteiger partial charge in [0.25, 0.3) is 0 Å². The number of nitrogens with one attached hydrogen (secondary N) is 1. The molecular formula is C15H20ClNO2.